The quantitative estimate of drug-likeness (QED) is 0.758. The number of likely N-dealkylation sites (tertiary alicyclic amines) is 1. The molecular weight excluding hydrogens is 220 g/mol. The Kier molecular flexibility index (Phi) is 3.80. The van der Waals surface area contributed by atoms with Crippen molar-refractivity contribution in [2.45, 2.75) is 45.3 Å². The summed E-state index contributed by atoms with van der Waals surface area (Å²) < 4.78 is 5.16. The molecular formula is C12H20N2O3. The highest BCUT2D eigenvalue weighted by Gasteiger charge is 2.29. The Bertz CT molecular complexity index is 344. The number of rotatable bonds is 1. The Hall–Kier alpha value is -1.52. The molecule has 1 N–H and O–H groups in total. The predicted molar refractivity (Wildman–Crippen MR) is 64.3 cm³/mol. The van der Waals surface area contributed by atoms with Gasteiger partial charge in [0.05, 0.1) is 6.04 Å². The molecule has 0 aromatic rings. The number of hydrogen-bond donors (Lipinski definition) is 1. The Labute approximate surface area is 102 Å². The van der Waals surface area contributed by atoms with Gasteiger partial charge in [-0.1, -0.05) is 6.58 Å². The zero-order valence-corrected chi connectivity index (χ0v) is 10.9. The third kappa shape index (κ3) is 3.76. The van der Waals surface area contributed by atoms with Crippen molar-refractivity contribution in [2.24, 2.45) is 0 Å². The second kappa shape index (κ2) is 4.77. The van der Waals surface area contributed by atoms with Crippen LogP contribution in [0.15, 0.2) is 12.3 Å². The van der Waals surface area contributed by atoms with E-state index in [1.807, 2.05) is 0 Å². The number of nitrogens with zero attached hydrogens (tertiary/aromatic N) is 1. The van der Waals surface area contributed by atoms with Gasteiger partial charge in [-0.05, 0) is 27.2 Å². The molecule has 0 aromatic heterocycles. The fourth-order valence-corrected chi connectivity index (χ4v) is 1.60. The van der Waals surface area contributed by atoms with Gasteiger partial charge in [-0.2, -0.15) is 0 Å². The zero-order chi connectivity index (χ0) is 13.2. The predicted octanol–water partition coefficient (Wildman–Crippen LogP) is 1.65. The monoisotopic (exact) mass is 240 g/mol. The van der Waals surface area contributed by atoms with Crippen LogP contribution in [0, 0.1) is 0 Å². The molecule has 0 radical (unpaired) electrons. The molecule has 1 aliphatic heterocycles. The summed E-state index contributed by atoms with van der Waals surface area (Å²) in [5.74, 6) is 0.0252. The highest BCUT2D eigenvalue weighted by molar-refractivity contribution is 5.80. The molecule has 1 fully saturated rings. The maximum absolute atomic E-state index is 11.6. The molecule has 1 atom stereocenters. The summed E-state index contributed by atoms with van der Waals surface area (Å²) in [4.78, 5) is 24.4. The lowest BCUT2D eigenvalue weighted by molar-refractivity contribution is -0.130. The smallest absolute Gasteiger partial charge is 0.408 e. The maximum atomic E-state index is 11.6. The molecule has 1 aliphatic rings. The van der Waals surface area contributed by atoms with Crippen molar-refractivity contribution in [1.29, 1.82) is 0 Å². The molecule has 0 saturated carbocycles. The van der Waals surface area contributed by atoms with E-state index >= 15 is 0 Å². The van der Waals surface area contributed by atoms with E-state index in [1.54, 1.807) is 27.8 Å². The first-order chi connectivity index (χ1) is 7.70. The second-order valence-corrected chi connectivity index (χ2v) is 5.18. The SMILES string of the molecule is C=C1C(NC(=O)OC(C)(C)C)CCC(=O)N1C. The summed E-state index contributed by atoms with van der Waals surface area (Å²) in [5, 5.41) is 2.72. The minimum absolute atomic E-state index is 0.0252. The molecule has 5 nitrogen and oxygen atoms in total. The number of ether oxygens (including phenoxy) is 1. The first kappa shape index (κ1) is 13.5. The molecule has 0 aromatic carbocycles. The highest BCUT2D eigenvalue weighted by atomic mass is 16.6. The third-order valence-corrected chi connectivity index (χ3v) is 2.55. The van der Waals surface area contributed by atoms with E-state index in [1.165, 1.54) is 4.90 Å². The minimum atomic E-state index is -0.526. The number of carbonyl (C=O) groups excluding carboxylic acids is 2. The van der Waals surface area contributed by atoms with Crippen LogP contribution in [0.2, 0.25) is 0 Å². The summed E-state index contributed by atoms with van der Waals surface area (Å²) in [6, 6.07) is -0.229. The lowest BCUT2D eigenvalue weighted by Gasteiger charge is -2.33. The van der Waals surface area contributed by atoms with E-state index in [-0.39, 0.29) is 11.9 Å². The Balaban J connectivity index is 2.55. The van der Waals surface area contributed by atoms with Crippen LogP contribution in [0.4, 0.5) is 4.79 Å². The van der Waals surface area contributed by atoms with Crippen molar-refractivity contribution >= 4 is 12.0 Å². The van der Waals surface area contributed by atoms with Crippen molar-refractivity contribution in [3.05, 3.63) is 12.3 Å². The molecule has 0 bridgehead atoms. The first-order valence-electron chi connectivity index (χ1n) is 5.65. The van der Waals surface area contributed by atoms with Gasteiger partial charge in [0.1, 0.15) is 5.60 Å². The topological polar surface area (TPSA) is 58.6 Å². The van der Waals surface area contributed by atoms with Gasteiger partial charge >= 0.3 is 6.09 Å². The number of hydrogen-bond acceptors (Lipinski definition) is 3. The largest absolute Gasteiger partial charge is 0.444 e. The highest BCUT2D eigenvalue weighted by Crippen LogP contribution is 2.19. The second-order valence-electron chi connectivity index (χ2n) is 5.18. The molecule has 5 heteroatoms. The van der Waals surface area contributed by atoms with Crippen LogP contribution in [-0.2, 0) is 9.53 Å². The standard InChI is InChI=1S/C12H20N2O3/c1-8-9(6-7-10(15)14(8)5)13-11(16)17-12(2,3)4/h9H,1,6-7H2,2-5H3,(H,13,16). The number of nitrogens with one attached hydrogen (secondary N) is 1. The summed E-state index contributed by atoms with van der Waals surface area (Å²) in [6.07, 6.45) is 0.503. The Morgan fingerprint density at radius 1 is 1.53 bits per heavy atom. The maximum Gasteiger partial charge on any atom is 0.408 e. The van der Waals surface area contributed by atoms with Gasteiger partial charge < -0.3 is 15.0 Å². The van der Waals surface area contributed by atoms with Crippen molar-refractivity contribution in [3.8, 4) is 0 Å². The summed E-state index contributed by atoms with van der Waals surface area (Å²) in [6.45, 7) is 9.22. The molecule has 1 saturated heterocycles. The molecule has 0 aliphatic carbocycles. The Morgan fingerprint density at radius 3 is 2.65 bits per heavy atom. The molecule has 1 unspecified atom stereocenters. The fraction of sp³-hybridized carbons (Fsp3) is 0.667. The van der Waals surface area contributed by atoms with Gasteiger partial charge in [-0.3, -0.25) is 4.79 Å². The van der Waals surface area contributed by atoms with Crippen LogP contribution in [0.5, 0.6) is 0 Å². The van der Waals surface area contributed by atoms with E-state index in [4.69, 9.17) is 4.74 Å². The van der Waals surface area contributed by atoms with Crippen molar-refractivity contribution < 1.29 is 14.3 Å². The van der Waals surface area contributed by atoms with Crippen molar-refractivity contribution in [3.63, 3.8) is 0 Å². The number of likely N-dealkylation sites (N-methyl/N-ethyl adjacent to an activating group) is 1. The summed E-state index contributed by atoms with van der Waals surface area (Å²) in [5.41, 5.74) is 0.0778. The molecule has 96 valence electrons. The van der Waals surface area contributed by atoms with Crippen LogP contribution in [0.25, 0.3) is 0 Å². The third-order valence-electron chi connectivity index (χ3n) is 2.55. The summed E-state index contributed by atoms with van der Waals surface area (Å²) >= 11 is 0. The van der Waals surface area contributed by atoms with Crippen molar-refractivity contribution in [1.82, 2.24) is 10.2 Å². The molecule has 17 heavy (non-hydrogen) atoms. The van der Waals surface area contributed by atoms with E-state index in [0.717, 1.165) is 0 Å². The average molecular weight is 240 g/mol. The van der Waals surface area contributed by atoms with E-state index in [2.05, 4.69) is 11.9 Å². The Morgan fingerprint density at radius 2 is 2.12 bits per heavy atom. The van der Waals surface area contributed by atoms with Gasteiger partial charge in [-0.15, -0.1) is 0 Å². The normalized spacial score (nSPS) is 21.4. The van der Waals surface area contributed by atoms with Gasteiger partial charge in [0.2, 0.25) is 5.91 Å². The van der Waals surface area contributed by atoms with E-state index < -0.39 is 11.7 Å². The van der Waals surface area contributed by atoms with E-state index in [9.17, 15) is 9.59 Å². The summed E-state index contributed by atoms with van der Waals surface area (Å²) in [7, 11) is 1.66. The van der Waals surface area contributed by atoms with Gasteiger partial charge in [-0.25, -0.2) is 4.79 Å². The van der Waals surface area contributed by atoms with Crippen LogP contribution in [-0.4, -0.2) is 35.6 Å². The van der Waals surface area contributed by atoms with Gasteiger partial charge in [0.25, 0.3) is 0 Å². The number of piperidine rings is 1. The lowest BCUT2D eigenvalue weighted by atomic mass is 10.0. The van der Waals surface area contributed by atoms with Crippen LogP contribution in [0.1, 0.15) is 33.6 Å². The van der Waals surface area contributed by atoms with Crippen LogP contribution >= 0.6 is 0 Å². The number of alkyl carbamates (subject to hydrolysis) is 1. The average Bonchev–Trinajstić information content (AvgIpc) is 2.16. The molecule has 1 heterocycles. The van der Waals surface area contributed by atoms with Gasteiger partial charge in [0, 0.05) is 19.2 Å². The molecule has 0 spiro atoms. The number of amides is 2. The zero-order valence-electron chi connectivity index (χ0n) is 10.9. The first-order valence-corrected chi connectivity index (χ1v) is 5.65. The van der Waals surface area contributed by atoms with Gasteiger partial charge in [0.15, 0.2) is 0 Å². The minimum Gasteiger partial charge on any atom is -0.444 e. The van der Waals surface area contributed by atoms with E-state index in [0.29, 0.717) is 18.5 Å². The molecule has 2 amide bonds. The van der Waals surface area contributed by atoms with Crippen LogP contribution < -0.4 is 5.32 Å². The van der Waals surface area contributed by atoms with Crippen molar-refractivity contribution in [2.75, 3.05) is 7.05 Å². The lowest BCUT2D eigenvalue weighted by Crippen LogP contribution is -2.47. The molecule has 1 rings (SSSR count). The van der Waals surface area contributed by atoms with Crippen LogP contribution in [0.3, 0.4) is 0 Å². The fourth-order valence-electron chi connectivity index (χ4n) is 1.60. The number of carbonyl (C=O) groups is 2.